The van der Waals surface area contributed by atoms with Crippen molar-refractivity contribution in [2.75, 3.05) is 12.4 Å². The summed E-state index contributed by atoms with van der Waals surface area (Å²) >= 11 is 3.34. The van der Waals surface area contributed by atoms with Gasteiger partial charge in [0.15, 0.2) is 5.16 Å². The summed E-state index contributed by atoms with van der Waals surface area (Å²) in [4.78, 5) is 22.6. The van der Waals surface area contributed by atoms with Crippen molar-refractivity contribution in [1.29, 1.82) is 0 Å². The number of nitrogens with zero attached hydrogens (tertiary/aromatic N) is 1. The lowest BCUT2D eigenvalue weighted by molar-refractivity contribution is 0.310. The van der Waals surface area contributed by atoms with Gasteiger partial charge in [0.1, 0.15) is 10.6 Å². The van der Waals surface area contributed by atoms with Gasteiger partial charge in [-0.1, -0.05) is 36.4 Å². The molecule has 4 rings (SSSR count). The second-order valence-corrected chi connectivity index (χ2v) is 9.79. The van der Waals surface area contributed by atoms with Crippen LogP contribution in [0.1, 0.15) is 42.2 Å². The van der Waals surface area contributed by atoms with Crippen molar-refractivity contribution >= 4 is 33.3 Å². The Bertz CT molecular complexity index is 1010. The number of hydrogen-bond donors (Lipinski definition) is 1. The zero-order valence-electron chi connectivity index (χ0n) is 16.4. The molecule has 6 heteroatoms. The highest BCUT2D eigenvalue weighted by Crippen LogP contribution is 2.36. The Kier molecular flexibility index (Phi) is 6.07. The quantitative estimate of drug-likeness (QED) is 0.321. The molecule has 0 fully saturated rings. The second kappa shape index (κ2) is 8.70. The molecular formula is C22H26N2O2S2. The molecule has 0 amide bonds. The number of rotatable bonds is 7. The lowest BCUT2D eigenvalue weighted by atomic mass is 9.89. The van der Waals surface area contributed by atoms with Crippen molar-refractivity contribution in [2.45, 2.75) is 51.1 Å². The number of aryl methyl sites for hydroxylation is 2. The highest BCUT2D eigenvalue weighted by atomic mass is 32.2. The fourth-order valence-corrected chi connectivity index (χ4v) is 5.90. The third-order valence-corrected chi connectivity index (χ3v) is 7.32. The van der Waals surface area contributed by atoms with Crippen LogP contribution >= 0.6 is 23.1 Å². The van der Waals surface area contributed by atoms with E-state index in [-0.39, 0.29) is 5.56 Å². The van der Waals surface area contributed by atoms with Gasteiger partial charge in [0, 0.05) is 10.6 Å². The summed E-state index contributed by atoms with van der Waals surface area (Å²) in [6.45, 7) is 5.07. The minimum Gasteiger partial charge on any atom is -0.494 e. The Labute approximate surface area is 173 Å². The maximum absolute atomic E-state index is 12.6. The van der Waals surface area contributed by atoms with Gasteiger partial charge in [0.2, 0.25) is 0 Å². The number of benzene rings is 1. The normalized spacial score (nSPS) is 16.3. The SMILES string of the molecule is Cc1ccc(OCCCCSc2nc3sc4c(c3c(=O)[nH]2)CC[C@@H](C)C4)cc1. The molecule has 2 aromatic heterocycles. The van der Waals surface area contributed by atoms with Gasteiger partial charge in [-0.05, 0) is 62.6 Å². The van der Waals surface area contributed by atoms with Gasteiger partial charge in [0.25, 0.3) is 5.56 Å². The summed E-state index contributed by atoms with van der Waals surface area (Å²) in [5.41, 5.74) is 2.52. The third kappa shape index (κ3) is 4.44. The topological polar surface area (TPSA) is 55.0 Å². The van der Waals surface area contributed by atoms with Crippen molar-refractivity contribution in [3.8, 4) is 5.75 Å². The molecule has 1 aliphatic carbocycles. The van der Waals surface area contributed by atoms with Gasteiger partial charge >= 0.3 is 0 Å². The Morgan fingerprint density at radius 1 is 1.29 bits per heavy atom. The number of thioether (sulfide) groups is 1. The number of aromatic nitrogens is 2. The Hall–Kier alpha value is -1.79. The van der Waals surface area contributed by atoms with Gasteiger partial charge in [-0.25, -0.2) is 4.98 Å². The average Bonchev–Trinajstić information content (AvgIpc) is 3.03. The lowest BCUT2D eigenvalue weighted by Gasteiger charge is -2.17. The standard InChI is InChI=1S/C22H26N2O2S2/c1-14-5-8-16(9-6-14)26-11-3-4-12-27-22-23-20(25)19-17-10-7-15(2)13-18(17)28-21(19)24-22/h5-6,8-9,15H,3-4,7,10-13H2,1-2H3,(H,23,24,25)/t15-/m1/s1. The second-order valence-electron chi connectivity index (χ2n) is 7.62. The van der Waals surface area contributed by atoms with E-state index in [9.17, 15) is 4.79 Å². The summed E-state index contributed by atoms with van der Waals surface area (Å²) in [7, 11) is 0. The molecule has 1 N–H and O–H groups in total. The first kappa shape index (κ1) is 19.5. The molecule has 0 aliphatic heterocycles. The molecule has 3 aromatic rings. The number of ether oxygens (including phenoxy) is 1. The van der Waals surface area contributed by atoms with Crippen molar-refractivity contribution in [3.05, 3.63) is 50.6 Å². The zero-order valence-corrected chi connectivity index (χ0v) is 18.0. The summed E-state index contributed by atoms with van der Waals surface area (Å²) in [5.74, 6) is 2.55. The van der Waals surface area contributed by atoms with Crippen LogP contribution in [0.3, 0.4) is 0 Å². The molecule has 0 radical (unpaired) electrons. The fraction of sp³-hybridized carbons (Fsp3) is 0.455. The highest BCUT2D eigenvalue weighted by molar-refractivity contribution is 7.99. The van der Waals surface area contributed by atoms with E-state index < -0.39 is 0 Å². The van der Waals surface area contributed by atoms with Crippen LogP contribution < -0.4 is 10.3 Å². The van der Waals surface area contributed by atoms with E-state index in [1.165, 1.54) is 22.4 Å². The summed E-state index contributed by atoms with van der Waals surface area (Å²) in [6.07, 6.45) is 5.27. The summed E-state index contributed by atoms with van der Waals surface area (Å²) < 4.78 is 5.76. The van der Waals surface area contributed by atoms with Gasteiger partial charge in [0.05, 0.1) is 12.0 Å². The molecule has 1 aromatic carbocycles. The first-order valence-corrected chi connectivity index (χ1v) is 11.8. The maximum atomic E-state index is 12.6. The third-order valence-electron chi connectivity index (χ3n) is 5.21. The lowest BCUT2D eigenvalue weighted by Crippen LogP contribution is -2.13. The maximum Gasteiger partial charge on any atom is 0.260 e. The minimum absolute atomic E-state index is 0.0299. The first-order valence-electron chi connectivity index (χ1n) is 9.97. The van der Waals surface area contributed by atoms with Crippen LogP contribution in [-0.4, -0.2) is 22.3 Å². The molecule has 0 unspecified atom stereocenters. The number of hydrogen-bond acceptors (Lipinski definition) is 5. The van der Waals surface area contributed by atoms with Crippen molar-refractivity contribution < 1.29 is 4.74 Å². The van der Waals surface area contributed by atoms with Crippen molar-refractivity contribution in [1.82, 2.24) is 9.97 Å². The zero-order chi connectivity index (χ0) is 19.5. The number of nitrogens with one attached hydrogen (secondary N) is 1. The largest absolute Gasteiger partial charge is 0.494 e. The van der Waals surface area contributed by atoms with Gasteiger partial charge in [-0.15, -0.1) is 11.3 Å². The van der Waals surface area contributed by atoms with Crippen LogP contribution in [0.15, 0.2) is 34.2 Å². The van der Waals surface area contributed by atoms with E-state index in [0.717, 1.165) is 52.6 Å². The van der Waals surface area contributed by atoms with Crippen molar-refractivity contribution in [2.24, 2.45) is 5.92 Å². The monoisotopic (exact) mass is 414 g/mol. The first-order chi connectivity index (χ1) is 13.6. The van der Waals surface area contributed by atoms with E-state index >= 15 is 0 Å². The molecule has 4 nitrogen and oxygen atoms in total. The molecule has 0 saturated heterocycles. The van der Waals surface area contributed by atoms with Crippen LogP contribution in [0.4, 0.5) is 0 Å². The molecular weight excluding hydrogens is 388 g/mol. The molecule has 28 heavy (non-hydrogen) atoms. The number of fused-ring (bicyclic) bond motifs is 3. The predicted molar refractivity (Wildman–Crippen MR) is 118 cm³/mol. The molecule has 1 atom stereocenters. The predicted octanol–water partition coefficient (Wildman–Crippen LogP) is 5.37. The number of aromatic amines is 1. The van der Waals surface area contributed by atoms with Crippen LogP contribution in [0.5, 0.6) is 5.75 Å². The molecule has 2 heterocycles. The van der Waals surface area contributed by atoms with E-state index in [4.69, 9.17) is 9.72 Å². The Morgan fingerprint density at radius 3 is 2.93 bits per heavy atom. The van der Waals surface area contributed by atoms with Crippen molar-refractivity contribution in [3.63, 3.8) is 0 Å². The Morgan fingerprint density at radius 2 is 2.11 bits per heavy atom. The average molecular weight is 415 g/mol. The van der Waals surface area contributed by atoms with E-state index in [2.05, 4.69) is 31.0 Å². The van der Waals surface area contributed by atoms with E-state index in [1.54, 1.807) is 23.1 Å². The molecule has 148 valence electrons. The van der Waals surface area contributed by atoms with Gasteiger partial charge < -0.3 is 9.72 Å². The highest BCUT2D eigenvalue weighted by Gasteiger charge is 2.22. The van der Waals surface area contributed by atoms with Crippen LogP contribution in [0, 0.1) is 12.8 Å². The van der Waals surface area contributed by atoms with Crippen LogP contribution in [-0.2, 0) is 12.8 Å². The van der Waals surface area contributed by atoms with E-state index in [1.807, 2.05) is 12.1 Å². The number of unbranched alkanes of at least 4 members (excludes halogenated alkanes) is 1. The number of H-pyrrole nitrogens is 1. The van der Waals surface area contributed by atoms with Gasteiger partial charge in [-0.3, -0.25) is 4.79 Å². The smallest absolute Gasteiger partial charge is 0.260 e. The van der Waals surface area contributed by atoms with Gasteiger partial charge in [-0.2, -0.15) is 0 Å². The van der Waals surface area contributed by atoms with Crippen LogP contribution in [0.25, 0.3) is 10.2 Å². The van der Waals surface area contributed by atoms with E-state index in [0.29, 0.717) is 12.5 Å². The molecule has 1 aliphatic rings. The van der Waals surface area contributed by atoms with Crippen LogP contribution in [0.2, 0.25) is 0 Å². The number of thiophene rings is 1. The fourth-order valence-electron chi connectivity index (χ4n) is 3.59. The summed E-state index contributed by atoms with van der Waals surface area (Å²) in [6, 6.07) is 8.14. The Balaban J connectivity index is 1.30. The molecule has 0 bridgehead atoms. The summed E-state index contributed by atoms with van der Waals surface area (Å²) in [5, 5.41) is 1.58. The molecule has 0 spiro atoms. The minimum atomic E-state index is 0.0299. The molecule has 0 saturated carbocycles.